The Morgan fingerprint density at radius 2 is 1.83 bits per heavy atom. The molecule has 0 bridgehead atoms. The highest BCUT2D eigenvalue weighted by Gasteiger charge is 2.11. The lowest BCUT2D eigenvalue weighted by atomic mass is 10.1. The Morgan fingerprint density at radius 1 is 1.08 bits per heavy atom. The van der Waals surface area contributed by atoms with Crippen molar-refractivity contribution in [3.63, 3.8) is 0 Å². The molecule has 0 aliphatic carbocycles. The average Bonchev–Trinajstić information content (AvgIpc) is 3.08. The molecule has 1 N–H and O–H groups in total. The second kappa shape index (κ2) is 7.41. The minimum atomic E-state index is -0.533. The van der Waals surface area contributed by atoms with E-state index in [0.717, 1.165) is 16.7 Å². The molecule has 0 unspecified atom stereocenters. The van der Waals surface area contributed by atoms with Gasteiger partial charge in [-0.05, 0) is 24.1 Å². The molecule has 0 saturated heterocycles. The highest BCUT2D eigenvalue weighted by Crippen LogP contribution is 2.21. The number of nitrogens with zero attached hydrogens (tertiary/aromatic N) is 2. The van der Waals surface area contributed by atoms with Crippen LogP contribution in [-0.2, 0) is 17.9 Å². The van der Waals surface area contributed by atoms with Gasteiger partial charge in [-0.25, -0.2) is 4.79 Å². The molecule has 0 radical (unpaired) electrons. The van der Waals surface area contributed by atoms with Crippen molar-refractivity contribution in [1.29, 1.82) is 0 Å². The quantitative estimate of drug-likeness (QED) is 0.778. The van der Waals surface area contributed by atoms with Crippen LogP contribution in [0.5, 0.6) is 0 Å². The van der Waals surface area contributed by atoms with Crippen molar-refractivity contribution in [2.75, 3.05) is 0 Å². The summed E-state index contributed by atoms with van der Waals surface area (Å²) in [5.41, 5.74) is 2.85. The standard InChI is InChI=1S/C18H17N3O3/c1-13-7-5-6-10-15(13)17-21-20-16(24-17)11-19-18(22)23-12-14-8-3-2-4-9-14/h2-10H,11-12H2,1H3,(H,19,22). The zero-order valence-corrected chi connectivity index (χ0v) is 13.2. The Labute approximate surface area is 139 Å². The molecule has 6 nitrogen and oxygen atoms in total. The molecule has 3 rings (SSSR count). The Hall–Kier alpha value is -3.15. The van der Waals surface area contributed by atoms with Gasteiger partial charge in [-0.2, -0.15) is 0 Å². The molecule has 0 saturated carbocycles. The number of aryl methyl sites for hydroxylation is 1. The van der Waals surface area contributed by atoms with E-state index >= 15 is 0 Å². The van der Waals surface area contributed by atoms with Gasteiger partial charge < -0.3 is 14.5 Å². The van der Waals surface area contributed by atoms with Crippen LogP contribution in [0.4, 0.5) is 4.79 Å². The third-order valence-electron chi connectivity index (χ3n) is 3.44. The lowest BCUT2D eigenvalue weighted by molar-refractivity contribution is 0.138. The van der Waals surface area contributed by atoms with Gasteiger partial charge in [-0.15, -0.1) is 10.2 Å². The number of hydrogen-bond donors (Lipinski definition) is 1. The van der Waals surface area contributed by atoms with Crippen LogP contribution < -0.4 is 5.32 Å². The van der Waals surface area contributed by atoms with Crippen LogP contribution in [0.25, 0.3) is 11.5 Å². The summed E-state index contributed by atoms with van der Waals surface area (Å²) in [6, 6.07) is 17.2. The van der Waals surface area contributed by atoms with Gasteiger partial charge in [-0.1, -0.05) is 48.5 Å². The predicted octanol–water partition coefficient (Wildman–Crippen LogP) is 3.47. The molecule has 2 aromatic carbocycles. The topological polar surface area (TPSA) is 77.2 Å². The van der Waals surface area contributed by atoms with Crippen molar-refractivity contribution in [3.05, 3.63) is 71.6 Å². The van der Waals surface area contributed by atoms with E-state index in [1.165, 1.54) is 0 Å². The van der Waals surface area contributed by atoms with E-state index in [9.17, 15) is 4.79 Å². The van der Waals surface area contributed by atoms with Crippen LogP contribution in [0.1, 0.15) is 17.0 Å². The number of benzene rings is 2. The maximum atomic E-state index is 11.7. The number of rotatable bonds is 5. The molecule has 1 aromatic heterocycles. The van der Waals surface area contributed by atoms with Gasteiger partial charge in [0.1, 0.15) is 6.61 Å². The van der Waals surface area contributed by atoms with Crippen molar-refractivity contribution in [2.45, 2.75) is 20.1 Å². The van der Waals surface area contributed by atoms with E-state index < -0.39 is 6.09 Å². The van der Waals surface area contributed by atoms with Gasteiger partial charge in [0.05, 0.1) is 6.54 Å². The molecule has 0 aliphatic heterocycles. The summed E-state index contributed by atoms with van der Waals surface area (Å²) in [5.74, 6) is 0.757. The second-order valence-corrected chi connectivity index (χ2v) is 5.23. The van der Waals surface area contributed by atoms with Crippen molar-refractivity contribution in [3.8, 4) is 11.5 Å². The minimum Gasteiger partial charge on any atom is -0.445 e. The number of aromatic nitrogens is 2. The van der Waals surface area contributed by atoms with E-state index in [1.54, 1.807) is 0 Å². The van der Waals surface area contributed by atoms with E-state index in [-0.39, 0.29) is 13.2 Å². The molecule has 122 valence electrons. The summed E-state index contributed by atoms with van der Waals surface area (Å²) < 4.78 is 10.7. The lowest BCUT2D eigenvalue weighted by Crippen LogP contribution is -2.23. The summed E-state index contributed by atoms with van der Waals surface area (Å²) in [6.07, 6.45) is -0.533. The second-order valence-electron chi connectivity index (χ2n) is 5.23. The number of ether oxygens (including phenoxy) is 1. The van der Waals surface area contributed by atoms with Crippen LogP contribution in [0.3, 0.4) is 0 Å². The zero-order chi connectivity index (χ0) is 16.8. The van der Waals surface area contributed by atoms with Crippen molar-refractivity contribution < 1.29 is 13.9 Å². The Bertz CT molecular complexity index is 815. The summed E-state index contributed by atoms with van der Waals surface area (Å²) in [4.78, 5) is 11.7. The monoisotopic (exact) mass is 323 g/mol. The largest absolute Gasteiger partial charge is 0.445 e. The first-order chi connectivity index (χ1) is 11.7. The maximum Gasteiger partial charge on any atom is 0.407 e. The van der Waals surface area contributed by atoms with Gasteiger partial charge in [0.25, 0.3) is 0 Å². The first-order valence-corrected chi connectivity index (χ1v) is 7.55. The first kappa shape index (κ1) is 15.7. The maximum absolute atomic E-state index is 11.7. The fourth-order valence-corrected chi connectivity index (χ4v) is 2.17. The fraction of sp³-hybridized carbons (Fsp3) is 0.167. The molecule has 1 amide bonds. The third kappa shape index (κ3) is 3.98. The fourth-order valence-electron chi connectivity index (χ4n) is 2.17. The molecular weight excluding hydrogens is 306 g/mol. The zero-order valence-electron chi connectivity index (χ0n) is 13.2. The van der Waals surface area contributed by atoms with Gasteiger partial charge in [-0.3, -0.25) is 0 Å². The van der Waals surface area contributed by atoms with Gasteiger partial charge >= 0.3 is 6.09 Å². The van der Waals surface area contributed by atoms with Crippen molar-refractivity contribution in [2.24, 2.45) is 0 Å². The van der Waals surface area contributed by atoms with E-state index in [1.807, 2.05) is 61.5 Å². The van der Waals surface area contributed by atoms with Crippen LogP contribution in [0, 0.1) is 6.92 Å². The minimum absolute atomic E-state index is 0.118. The van der Waals surface area contributed by atoms with Crippen LogP contribution >= 0.6 is 0 Å². The third-order valence-corrected chi connectivity index (χ3v) is 3.44. The van der Waals surface area contributed by atoms with Crippen molar-refractivity contribution >= 4 is 6.09 Å². The van der Waals surface area contributed by atoms with Crippen LogP contribution in [-0.4, -0.2) is 16.3 Å². The Morgan fingerprint density at radius 3 is 2.62 bits per heavy atom. The molecule has 0 aliphatic rings. The van der Waals surface area contributed by atoms with Crippen LogP contribution in [0.2, 0.25) is 0 Å². The molecule has 0 fully saturated rings. The van der Waals surface area contributed by atoms with Gasteiger partial charge in [0.15, 0.2) is 0 Å². The van der Waals surface area contributed by atoms with Crippen molar-refractivity contribution in [1.82, 2.24) is 15.5 Å². The normalized spacial score (nSPS) is 10.4. The highest BCUT2D eigenvalue weighted by molar-refractivity contribution is 5.67. The molecule has 0 spiro atoms. The number of nitrogens with one attached hydrogen (secondary N) is 1. The lowest BCUT2D eigenvalue weighted by Gasteiger charge is -2.05. The number of carbonyl (C=O) groups is 1. The van der Waals surface area contributed by atoms with E-state index in [4.69, 9.17) is 9.15 Å². The summed E-state index contributed by atoms with van der Waals surface area (Å²) >= 11 is 0. The number of hydrogen-bond acceptors (Lipinski definition) is 5. The van der Waals surface area contributed by atoms with E-state index in [0.29, 0.717) is 11.8 Å². The van der Waals surface area contributed by atoms with Crippen LogP contribution in [0.15, 0.2) is 59.0 Å². The summed E-state index contributed by atoms with van der Waals surface area (Å²) in [7, 11) is 0. The predicted molar refractivity (Wildman–Crippen MR) is 87.9 cm³/mol. The number of carbonyl (C=O) groups excluding carboxylic acids is 1. The summed E-state index contributed by atoms with van der Waals surface area (Å²) in [6.45, 7) is 2.30. The summed E-state index contributed by atoms with van der Waals surface area (Å²) in [5, 5.41) is 10.5. The molecule has 0 atom stereocenters. The Balaban J connectivity index is 1.52. The molecule has 24 heavy (non-hydrogen) atoms. The smallest absolute Gasteiger partial charge is 0.407 e. The molecule has 3 aromatic rings. The molecule has 1 heterocycles. The van der Waals surface area contributed by atoms with Gasteiger partial charge in [0.2, 0.25) is 11.8 Å². The molecular formula is C18H17N3O3. The first-order valence-electron chi connectivity index (χ1n) is 7.55. The Kier molecular flexibility index (Phi) is 4.86. The SMILES string of the molecule is Cc1ccccc1-c1nnc(CNC(=O)OCc2ccccc2)o1. The van der Waals surface area contributed by atoms with E-state index in [2.05, 4.69) is 15.5 Å². The number of alkyl carbamates (subject to hydrolysis) is 1. The van der Waals surface area contributed by atoms with Gasteiger partial charge in [0, 0.05) is 5.56 Å². The molecule has 6 heteroatoms. The number of amides is 1. The average molecular weight is 323 g/mol. The highest BCUT2D eigenvalue weighted by atomic mass is 16.5.